The number of pyridine rings is 1. The number of ether oxygens (including phenoxy) is 4. The Morgan fingerprint density at radius 1 is 1.04 bits per heavy atom. The highest BCUT2D eigenvalue weighted by molar-refractivity contribution is 7.91. The maximum Gasteiger partial charge on any atom is 0.408 e. The van der Waals surface area contributed by atoms with Crippen LogP contribution < -0.4 is 24.8 Å². The summed E-state index contributed by atoms with van der Waals surface area (Å²) < 4.78 is 50.3. The summed E-state index contributed by atoms with van der Waals surface area (Å²) in [7, 11) is -2.37. The third-order valence-corrected chi connectivity index (χ3v) is 12.0. The molecule has 16 nitrogen and oxygen atoms in total. The molecule has 6 rings (SSSR count). The molecule has 2 aromatic carbocycles. The lowest BCUT2D eigenvalue weighted by Gasteiger charge is -2.30. The summed E-state index contributed by atoms with van der Waals surface area (Å²) in [6.07, 6.45) is 0.637. The third kappa shape index (κ3) is 9.93. The summed E-state index contributed by atoms with van der Waals surface area (Å²) in [5.41, 5.74) is -1.76. The molecule has 4 amide bonds. The average Bonchev–Trinajstić information content (AvgIpc) is 4.09. The first-order valence-corrected chi connectivity index (χ1v) is 20.5. The van der Waals surface area contributed by atoms with Gasteiger partial charge in [-0.2, -0.15) is 0 Å². The molecule has 3 aromatic rings. The van der Waals surface area contributed by atoms with E-state index in [2.05, 4.69) is 20.3 Å². The molecule has 1 aromatic heterocycles. The fourth-order valence-corrected chi connectivity index (χ4v) is 8.36. The van der Waals surface area contributed by atoms with Crippen LogP contribution in [0, 0.1) is 5.92 Å². The van der Waals surface area contributed by atoms with Gasteiger partial charge in [-0.25, -0.2) is 18.2 Å². The van der Waals surface area contributed by atoms with Gasteiger partial charge in [-0.15, -0.1) is 0 Å². The molecule has 1 saturated heterocycles. The van der Waals surface area contributed by atoms with E-state index < -0.39 is 80.8 Å². The molecule has 5 atom stereocenters. The molecule has 0 unspecified atom stereocenters. The minimum absolute atomic E-state index is 0.0712. The number of methoxy groups -OCH3 is 1. The zero-order valence-electron chi connectivity index (χ0n) is 32.6. The number of hydrogen-bond donors (Lipinski definition) is 3. The van der Waals surface area contributed by atoms with Gasteiger partial charge in [0.2, 0.25) is 27.7 Å². The second-order valence-corrected chi connectivity index (χ2v) is 17.6. The number of rotatable bonds is 15. The Bertz CT molecular complexity index is 2120. The number of nitrogens with zero attached hydrogens (tertiary/aromatic N) is 2. The summed E-state index contributed by atoms with van der Waals surface area (Å²) in [5, 5.41) is 6.04. The Labute approximate surface area is 331 Å². The Morgan fingerprint density at radius 2 is 1.77 bits per heavy atom. The number of hydrogen-bond acceptors (Lipinski definition) is 12. The van der Waals surface area contributed by atoms with E-state index in [1.807, 2.05) is 19.1 Å². The number of sulfonamides is 1. The van der Waals surface area contributed by atoms with Crippen molar-refractivity contribution in [2.24, 2.45) is 5.92 Å². The van der Waals surface area contributed by atoms with Crippen LogP contribution in [0.3, 0.4) is 0 Å². The summed E-state index contributed by atoms with van der Waals surface area (Å²) in [6, 6.07) is 13.2. The van der Waals surface area contributed by atoms with Crippen molar-refractivity contribution < 1.29 is 51.3 Å². The lowest BCUT2D eigenvalue weighted by Crippen LogP contribution is -2.58. The number of likely N-dealkylation sites (tertiary alicyclic amines) is 1. The van der Waals surface area contributed by atoms with E-state index >= 15 is 0 Å². The van der Waals surface area contributed by atoms with E-state index in [0.717, 1.165) is 5.39 Å². The fraction of sp³-hybridized carbons (Fsp3) is 0.500. The normalized spacial score (nSPS) is 22.2. The highest BCUT2D eigenvalue weighted by atomic mass is 32.2. The van der Waals surface area contributed by atoms with Crippen molar-refractivity contribution in [2.75, 3.05) is 13.7 Å². The first-order valence-electron chi connectivity index (χ1n) is 19.0. The summed E-state index contributed by atoms with van der Waals surface area (Å²) in [6.45, 7) is 6.49. The quantitative estimate of drug-likeness (QED) is 0.189. The zero-order chi connectivity index (χ0) is 41.1. The van der Waals surface area contributed by atoms with Crippen molar-refractivity contribution in [2.45, 2.75) is 107 Å². The Balaban J connectivity index is 1.28. The van der Waals surface area contributed by atoms with Gasteiger partial charge in [0.15, 0.2) is 0 Å². The standard InChI is InChI=1S/C40H49N5O11S/c1-6-26-21-40(26,37(49)44-57(51,52)29-13-14-29)43-34(47)32-19-28(55-35-30-15-12-27(53-5)18-25(30)16-17-41-35)22-45(32)36(48)31(42-38(50)56-39(2,3)4)20-33(46)54-23-24-10-8-7-9-11-24/h7-12,15-18,26,28-29,31-32H,6,13-14,19-23H2,1-5H3,(H,42,50)(H,43,47)(H,44,49)/t26-,28-,31+,32+,40-/m1/s1. The van der Waals surface area contributed by atoms with Gasteiger partial charge in [-0.1, -0.05) is 43.7 Å². The number of esters is 1. The number of benzene rings is 2. The number of carbonyl (C=O) groups is 5. The van der Waals surface area contributed by atoms with E-state index in [-0.39, 0.29) is 37.8 Å². The average molecular weight is 808 g/mol. The highest BCUT2D eigenvalue weighted by Crippen LogP contribution is 2.47. The minimum Gasteiger partial charge on any atom is -0.497 e. The number of fused-ring (bicyclic) bond motifs is 1. The summed E-state index contributed by atoms with van der Waals surface area (Å²) >= 11 is 0. The molecule has 0 bridgehead atoms. The predicted octanol–water partition coefficient (Wildman–Crippen LogP) is 3.51. The number of aromatic nitrogens is 1. The Morgan fingerprint density at radius 3 is 2.42 bits per heavy atom. The van der Waals surface area contributed by atoms with Gasteiger partial charge >= 0.3 is 12.1 Å². The topological polar surface area (TPSA) is 209 Å². The molecule has 17 heteroatoms. The second kappa shape index (κ2) is 16.6. The van der Waals surface area contributed by atoms with Crippen molar-refractivity contribution >= 4 is 50.6 Å². The number of alkyl carbamates (subject to hydrolysis) is 1. The van der Waals surface area contributed by atoms with E-state index in [0.29, 0.717) is 36.0 Å². The molecular formula is C40H49N5O11S. The van der Waals surface area contributed by atoms with Gasteiger partial charge < -0.3 is 34.5 Å². The van der Waals surface area contributed by atoms with Crippen LogP contribution in [0.2, 0.25) is 0 Å². The second-order valence-electron chi connectivity index (χ2n) is 15.7. The number of nitrogens with one attached hydrogen (secondary N) is 3. The molecule has 306 valence electrons. The monoisotopic (exact) mass is 807 g/mol. The van der Waals surface area contributed by atoms with Gasteiger partial charge in [0, 0.05) is 18.0 Å². The third-order valence-electron chi connectivity index (χ3n) is 10.2. The maximum absolute atomic E-state index is 14.6. The van der Waals surface area contributed by atoms with E-state index in [9.17, 15) is 32.4 Å². The molecule has 3 fully saturated rings. The smallest absolute Gasteiger partial charge is 0.408 e. The lowest BCUT2D eigenvalue weighted by atomic mass is 10.1. The van der Waals surface area contributed by atoms with Crippen LogP contribution in [0.1, 0.15) is 71.8 Å². The fourth-order valence-electron chi connectivity index (χ4n) is 6.99. The van der Waals surface area contributed by atoms with Gasteiger partial charge in [0.25, 0.3) is 5.91 Å². The molecule has 0 spiro atoms. The lowest BCUT2D eigenvalue weighted by molar-refractivity contribution is -0.149. The molecule has 3 N–H and O–H groups in total. The van der Waals surface area contributed by atoms with Crippen LogP contribution in [0.4, 0.5) is 4.79 Å². The molecular weight excluding hydrogens is 759 g/mol. The molecule has 57 heavy (non-hydrogen) atoms. The number of amides is 4. The Hall–Kier alpha value is -5.45. The van der Waals surface area contributed by atoms with E-state index in [1.54, 1.807) is 76.5 Å². The van der Waals surface area contributed by atoms with Gasteiger partial charge in [-0.3, -0.25) is 23.9 Å². The summed E-state index contributed by atoms with van der Waals surface area (Å²) in [4.78, 5) is 74.4. The summed E-state index contributed by atoms with van der Waals surface area (Å²) in [5.74, 6) is -2.68. The van der Waals surface area contributed by atoms with Crippen molar-refractivity contribution in [1.29, 1.82) is 0 Å². The maximum atomic E-state index is 14.6. The van der Waals surface area contributed by atoms with Crippen LogP contribution in [0.5, 0.6) is 11.6 Å². The van der Waals surface area contributed by atoms with Crippen molar-refractivity contribution in [3.05, 3.63) is 66.4 Å². The van der Waals surface area contributed by atoms with Crippen LogP contribution in [0.15, 0.2) is 60.8 Å². The molecule has 2 aliphatic carbocycles. The van der Waals surface area contributed by atoms with Gasteiger partial charge in [0.1, 0.15) is 41.7 Å². The highest BCUT2D eigenvalue weighted by Gasteiger charge is 2.62. The largest absolute Gasteiger partial charge is 0.497 e. The molecule has 0 radical (unpaired) electrons. The van der Waals surface area contributed by atoms with Crippen LogP contribution >= 0.6 is 0 Å². The first kappa shape index (κ1) is 41.2. The molecule has 1 aliphatic heterocycles. The Kier molecular flexibility index (Phi) is 12.0. The van der Waals surface area contributed by atoms with E-state index in [1.165, 1.54) is 4.90 Å². The van der Waals surface area contributed by atoms with Crippen molar-refractivity contribution in [3.63, 3.8) is 0 Å². The first-order chi connectivity index (χ1) is 27.0. The van der Waals surface area contributed by atoms with Gasteiger partial charge in [-0.05, 0) is 81.2 Å². The number of carbonyl (C=O) groups excluding carboxylic acids is 5. The molecule has 2 heterocycles. The minimum atomic E-state index is -3.92. The zero-order valence-corrected chi connectivity index (χ0v) is 33.4. The predicted molar refractivity (Wildman–Crippen MR) is 206 cm³/mol. The van der Waals surface area contributed by atoms with Crippen LogP contribution in [-0.2, 0) is 45.3 Å². The SMILES string of the molecule is CC[C@@H]1C[C@]1(NC(=O)[C@@H]1C[C@@H](Oc2nccc3cc(OC)ccc23)CN1C(=O)[C@H](CC(=O)OCc1ccccc1)NC(=O)OC(C)(C)C)C(=O)NS(=O)(=O)C1CC1. The molecule has 3 aliphatic rings. The van der Waals surface area contributed by atoms with E-state index in [4.69, 9.17) is 18.9 Å². The van der Waals surface area contributed by atoms with Crippen molar-refractivity contribution in [3.8, 4) is 11.6 Å². The van der Waals surface area contributed by atoms with Gasteiger partial charge in [0.05, 0.1) is 25.3 Å². The van der Waals surface area contributed by atoms with Crippen molar-refractivity contribution in [1.82, 2.24) is 25.2 Å². The molecule has 2 saturated carbocycles. The van der Waals surface area contributed by atoms with Crippen LogP contribution in [0.25, 0.3) is 10.8 Å². The van der Waals surface area contributed by atoms with Crippen LogP contribution in [-0.4, -0.2) is 96.3 Å².